The van der Waals surface area contributed by atoms with Gasteiger partial charge in [-0.05, 0) is 47.6 Å². The normalized spacial score (nSPS) is 28.0. The number of fused-ring (bicyclic) bond motifs is 2. The lowest BCUT2D eigenvalue weighted by atomic mass is 9.83. The maximum absolute atomic E-state index is 4.73. The predicted octanol–water partition coefficient (Wildman–Crippen LogP) is 4.50. The summed E-state index contributed by atoms with van der Waals surface area (Å²) in [7, 11) is 1.96. The molecule has 3 aromatic heterocycles. The van der Waals surface area contributed by atoms with Crippen LogP contribution in [0, 0.1) is 17.3 Å². The van der Waals surface area contributed by atoms with Crippen molar-refractivity contribution in [2.75, 3.05) is 0 Å². The molecule has 1 N–H and O–H groups in total. The number of aromatic amines is 1. The summed E-state index contributed by atoms with van der Waals surface area (Å²) in [5.41, 5.74) is 5.26. The largest absolute Gasteiger partial charge is 0.346 e. The van der Waals surface area contributed by atoms with Crippen LogP contribution in [0.3, 0.4) is 0 Å². The summed E-state index contributed by atoms with van der Waals surface area (Å²) in [6.07, 6.45) is 12.2. The first kappa shape index (κ1) is 14.3. The van der Waals surface area contributed by atoms with Crippen LogP contribution in [0.4, 0.5) is 0 Å². The topological polar surface area (TPSA) is 46.5 Å². The lowest BCUT2D eigenvalue weighted by molar-refractivity contribution is 0.416. The lowest BCUT2D eigenvalue weighted by Crippen LogP contribution is -2.09. The zero-order valence-electron chi connectivity index (χ0n) is 14.6. The van der Waals surface area contributed by atoms with Crippen LogP contribution < -0.4 is 0 Å². The smallest absolute Gasteiger partial charge is 0.137 e. The highest BCUT2D eigenvalue weighted by Crippen LogP contribution is 2.69. The minimum Gasteiger partial charge on any atom is -0.346 e. The van der Waals surface area contributed by atoms with Crippen molar-refractivity contribution in [1.29, 1.82) is 0 Å². The number of rotatable bonds is 2. The molecule has 2 aliphatic carbocycles. The second-order valence-corrected chi connectivity index (χ2v) is 8.26. The molecule has 0 aromatic carbocycles. The van der Waals surface area contributed by atoms with E-state index in [9.17, 15) is 0 Å². The van der Waals surface area contributed by atoms with Gasteiger partial charge < -0.3 is 4.98 Å². The Morgan fingerprint density at radius 2 is 2.12 bits per heavy atom. The molecule has 0 aliphatic heterocycles. The van der Waals surface area contributed by atoms with Gasteiger partial charge in [0.25, 0.3) is 0 Å². The second kappa shape index (κ2) is 4.71. The van der Waals surface area contributed by atoms with Crippen molar-refractivity contribution in [2.45, 2.75) is 39.0 Å². The third-order valence-electron chi connectivity index (χ3n) is 6.60. The molecule has 2 fully saturated rings. The standard InChI is InChI=1S/C20H24N4/c1-20(2)17-6-4-5-14(18(17)20)12-7-15-16(10-22-19(15)21-8-12)13-9-23-24(3)11-13/h7-11,14,17-18H,4-6H2,1-3H3,(H,21,22). The fraction of sp³-hybridized carbons (Fsp3) is 0.500. The van der Waals surface area contributed by atoms with Crippen LogP contribution in [0.5, 0.6) is 0 Å². The summed E-state index contributed by atoms with van der Waals surface area (Å²) in [4.78, 5) is 8.04. The molecular weight excluding hydrogens is 296 g/mol. The number of pyridine rings is 1. The van der Waals surface area contributed by atoms with Gasteiger partial charge in [0.1, 0.15) is 5.65 Å². The molecule has 3 aromatic rings. The number of hydrogen-bond donors (Lipinski definition) is 1. The summed E-state index contributed by atoms with van der Waals surface area (Å²) >= 11 is 0. The Labute approximate surface area is 142 Å². The Kier molecular flexibility index (Phi) is 2.80. The van der Waals surface area contributed by atoms with E-state index in [4.69, 9.17) is 4.98 Å². The Morgan fingerprint density at radius 3 is 2.92 bits per heavy atom. The van der Waals surface area contributed by atoms with Crippen molar-refractivity contribution >= 4 is 11.0 Å². The zero-order valence-corrected chi connectivity index (χ0v) is 14.6. The highest BCUT2D eigenvalue weighted by molar-refractivity contribution is 5.93. The third-order valence-corrected chi connectivity index (χ3v) is 6.60. The maximum atomic E-state index is 4.73. The summed E-state index contributed by atoms with van der Waals surface area (Å²) < 4.78 is 1.85. The van der Waals surface area contributed by atoms with Crippen LogP contribution >= 0.6 is 0 Å². The Morgan fingerprint density at radius 1 is 1.25 bits per heavy atom. The second-order valence-electron chi connectivity index (χ2n) is 8.26. The molecule has 0 saturated heterocycles. The molecule has 124 valence electrons. The molecule has 3 atom stereocenters. The summed E-state index contributed by atoms with van der Waals surface area (Å²) in [5.74, 6) is 2.43. The molecule has 0 bridgehead atoms. The van der Waals surface area contributed by atoms with Crippen molar-refractivity contribution in [3.8, 4) is 11.1 Å². The average Bonchev–Trinajstić information content (AvgIpc) is 2.95. The van der Waals surface area contributed by atoms with Crippen molar-refractivity contribution < 1.29 is 0 Å². The number of nitrogens with one attached hydrogen (secondary N) is 1. The third kappa shape index (κ3) is 1.92. The SMILES string of the molecule is Cn1cc(-c2c[nH]c3ncc(C4CCCC5C4C5(C)C)cc23)cn1. The van der Waals surface area contributed by atoms with Crippen LogP contribution in [0.25, 0.3) is 22.2 Å². The van der Waals surface area contributed by atoms with Crippen molar-refractivity contribution in [3.63, 3.8) is 0 Å². The van der Waals surface area contributed by atoms with Crippen LogP contribution in [-0.4, -0.2) is 19.7 Å². The van der Waals surface area contributed by atoms with Gasteiger partial charge in [0, 0.05) is 42.2 Å². The van der Waals surface area contributed by atoms with Crippen LogP contribution in [0.1, 0.15) is 44.6 Å². The van der Waals surface area contributed by atoms with Crippen LogP contribution in [0.2, 0.25) is 0 Å². The number of aromatic nitrogens is 4. The van der Waals surface area contributed by atoms with E-state index in [0.29, 0.717) is 11.3 Å². The average molecular weight is 320 g/mol. The van der Waals surface area contributed by atoms with E-state index in [1.165, 1.54) is 35.8 Å². The quantitative estimate of drug-likeness (QED) is 0.755. The van der Waals surface area contributed by atoms with Crippen LogP contribution in [-0.2, 0) is 7.05 Å². The molecule has 0 radical (unpaired) electrons. The van der Waals surface area contributed by atoms with E-state index in [1.807, 2.05) is 17.9 Å². The minimum absolute atomic E-state index is 0.514. The van der Waals surface area contributed by atoms with E-state index in [2.05, 4.69) is 48.6 Å². The first-order chi connectivity index (χ1) is 11.6. The maximum Gasteiger partial charge on any atom is 0.137 e. The Balaban J connectivity index is 1.58. The fourth-order valence-corrected chi connectivity index (χ4v) is 5.27. The first-order valence-electron chi connectivity index (χ1n) is 9.02. The highest BCUT2D eigenvalue weighted by atomic mass is 15.2. The predicted molar refractivity (Wildman–Crippen MR) is 95.6 cm³/mol. The van der Waals surface area contributed by atoms with E-state index in [0.717, 1.165) is 23.0 Å². The van der Waals surface area contributed by atoms with E-state index < -0.39 is 0 Å². The van der Waals surface area contributed by atoms with Gasteiger partial charge in [-0.2, -0.15) is 5.10 Å². The van der Waals surface area contributed by atoms with Gasteiger partial charge in [0.05, 0.1) is 6.20 Å². The molecule has 0 spiro atoms. The number of H-pyrrole nitrogens is 1. The van der Waals surface area contributed by atoms with Gasteiger partial charge in [-0.25, -0.2) is 4.98 Å². The van der Waals surface area contributed by atoms with E-state index in [-0.39, 0.29) is 0 Å². The van der Waals surface area contributed by atoms with Gasteiger partial charge in [-0.3, -0.25) is 4.68 Å². The van der Waals surface area contributed by atoms with E-state index >= 15 is 0 Å². The van der Waals surface area contributed by atoms with E-state index in [1.54, 1.807) is 0 Å². The molecule has 3 heterocycles. The molecule has 5 rings (SSSR count). The number of nitrogens with zero attached hydrogens (tertiary/aromatic N) is 3. The molecule has 2 saturated carbocycles. The summed E-state index contributed by atoms with van der Waals surface area (Å²) in [6, 6.07) is 2.38. The Bertz CT molecular complexity index is 917. The lowest BCUT2D eigenvalue weighted by Gasteiger charge is -2.22. The van der Waals surface area contributed by atoms with Crippen molar-refractivity contribution in [2.24, 2.45) is 24.3 Å². The summed E-state index contributed by atoms with van der Waals surface area (Å²) in [6.45, 7) is 4.90. The minimum atomic E-state index is 0.514. The number of aryl methyl sites for hydroxylation is 1. The van der Waals surface area contributed by atoms with Gasteiger partial charge >= 0.3 is 0 Å². The molecule has 4 nitrogen and oxygen atoms in total. The fourth-order valence-electron chi connectivity index (χ4n) is 5.27. The first-order valence-corrected chi connectivity index (χ1v) is 9.02. The van der Waals surface area contributed by atoms with Gasteiger partial charge in [0.2, 0.25) is 0 Å². The zero-order chi connectivity index (χ0) is 16.5. The molecule has 2 aliphatic rings. The molecule has 0 amide bonds. The van der Waals surface area contributed by atoms with Crippen LogP contribution in [0.15, 0.2) is 30.9 Å². The van der Waals surface area contributed by atoms with Crippen molar-refractivity contribution in [3.05, 3.63) is 36.4 Å². The molecular formula is C20H24N4. The van der Waals surface area contributed by atoms with Gasteiger partial charge in [0.15, 0.2) is 0 Å². The molecule has 3 unspecified atom stereocenters. The van der Waals surface area contributed by atoms with Gasteiger partial charge in [-0.1, -0.05) is 20.3 Å². The highest BCUT2D eigenvalue weighted by Gasteiger charge is 2.61. The van der Waals surface area contributed by atoms with Crippen molar-refractivity contribution in [1.82, 2.24) is 19.7 Å². The molecule has 24 heavy (non-hydrogen) atoms. The van der Waals surface area contributed by atoms with Gasteiger partial charge in [-0.15, -0.1) is 0 Å². The Hall–Kier alpha value is -2.10. The monoisotopic (exact) mass is 320 g/mol. The summed E-state index contributed by atoms with van der Waals surface area (Å²) in [5, 5.41) is 5.54. The molecule has 4 heteroatoms. The number of hydrogen-bond acceptors (Lipinski definition) is 2.